The fourth-order valence-electron chi connectivity index (χ4n) is 3.91. The zero-order chi connectivity index (χ0) is 22.3. The summed E-state index contributed by atoms with van der Waals surface area (Å²) in [5.74, 6) is -0.754. The number of alkyl halides is 3. The highest BCUT2D eigenvalue weighted by molar-refractivity contribution is 6.00. The summed E-state index contributed by atoms with van der Waals surface area (Å²) in [6, 6.07) is 6.86. The molecule has 0 unspecified atom stereocenters. The smallest absolute Gasteiger partial charge is 0.354 e. The number of nitrogens with zero attached hydrogens (tertiary/aromatic N) is 3. The monoisotopic (exact) mass is 434 g/mol. The second-order valence-corrected chi connectivity index (χ2v) is 8.41. The summed E-state index contributed by atoms with van der Waals surface area (Å²) in [6.07, 6.45) is -2.66. The van der Waals surface area contributed by atoms with Crippen LogP contribution in [0, 0.1) is 19.8 Å². The molecule has 6 nitrogen and oxygen atoms in total. The van der Waals surface area contributed by atoms with E-state index >= 15 is 0 Å². The van der Waals surface area contributed by atoms with Gasteiger partial charge in [-0.3, -0.25) is 14.3 Å². The number of nitrogens with one attached hydrogen (secondary N) is 1. The van der Waals surface area contributed by atoms with Gasteiger partial charge in [-0.05, 0) is 56.0 Å². The molecule has 1 saturated carbocycles. The van der Waals surface area contributed by atoms with Crippen molar-refractivity contribution in [2.45, 2.75) is 51.7 Å². The van der Waals surface area contributed by atoms with Crippen LogP contribution in [0.25, 0.3) is 0 Å². The van der Waals surface area contributed by atoms with Gasteiger partial charge in [0.2, 0.25) is 11.8 Å². The predicted molar refractivity (Wildman–Crippen MR) is 109 cm³/mol. The fraction of sp³-hybridized carbons (Fsp3) is 0.500. The molecule has 1 aromatic heterocycles. The van der Waals surface area contributed by atoms with Gasteiger partial charge in [-0.1, -0.05) is 6.07 Å². The first-order valence-electron chi connectivity index (χ1n) is 10.4. The van der Waals surface area contributed by atoms with E-state index in [1.54, 1.807) is 4.90 Å². The zero-order valence-corrected chi connectivity index (χ0v) is 17.5. The van der Waals surface area contributed by atoms with Crippen LogP contribution < -0.4 is 10.2 Å². The van der Waals surface area contributed by atoms with E-state index < -0.39 is 17.8 Å². The highest BCUT2D eigenvalue weighted by atomic mass is 19.4. The van der Waals surface area contributed by atoms with Crippen molar-refractivity contribution in [1.82, 2.24) is 15.1 Å². The molecular weight excluding hydrogens is 409 g/mol. The molecule has 1 aromatic carbocycles. The van der Waals surface area contributed by atoms with E-state index in [-0.39, 0.29) is 37.2 Å². The third kappa shape index (κ3) is 4.60. The first kappa shape index (κ1) is 21.4. The molecule has 2 heterocycles. The molecule has 0 bridgehead atoms. The fourth-order valence-corrected chi connectivity index (χ4v) is 3.91. The molecule has 2 fully saturated rings. The van der Waals surface area contributed by atoms with Gasteiger partial charge in [0.25, 0.3) is 0 Å². The van der Waals surface area contributed by atoms with Gasteiger partial charge in [-0.2, -0.15) is 18.3 Å². The lowest BCUT2D eigenvalue weighted by molar-refractivity contribution is -0.141. The van der Waals surface area contributed by atoms with E-state index in [0.717, 1.165) is 35.7 Å². The third-order valence-electron chi connectivity index (χ3n) is 6.02. The standard InChI is InChI=1S/C22H25F3N4O2/c1-13-3-6-17(9-14(13)2)28-12-16(10-20(28)30)21(31)26-7-8-29-18(15-4-5-15)11-19(27-29)22(23,24)25/h3,6,9,11,15-16H,4-5,7-8,10,12H2,1-2H3,(H,26,31)/t16-/m0/s1. The Bertz CT molecular complexity index is 1010. The van der Waals surface area contributed by atoms with E-state index in [1.165, 1.54) is 4.68 Å². The number of hydrogen-bond acceptors (Lipinski definition) is 3. The van der Waals surface area contributed by atoms with Crippen molar-refractivity contribution in [3.8, 4) is 0 Å². The first-order valence-corrected chi connectivity index (χ1v) is 10.4. The molecule has 1 aliphatic carbocycles. The lowest BCUT2D eigenvalue weighted by Crippen LogP contribution is -2.35. The molecule has 2 aliphatic rings. The molecule has 4 rings (SSSR count). The summed E-state index contributed by atoms with van der Waals surface area (Å²) in [4.78, 5) is 26.6. The van der Waals surface area contributed by atoms with Crippen LogP contribution in [0.2, 0.25) is 0 Å². The molecule has 2 aromatic rings. The van der Waals surface area contributed by atoms with E-state index in [1.807, 2.05) is 32.0 Å². The Morgan fingerprint density at radius 2 is 1.94 bits per heavy atom. The Morgan fingerprint density at radius 1 is 1.19 bits per heavy atom. The van der Waals surface area contributed by atoms with Crippen LogP contribution >= 0.6 is 0 Å². The third-order valence-corrected chi connectivity index (χ3v) is 6.02. The van der Waals surface area contributed by atoms with E-state index in [0.29, 0.717) is 12.2 Å². The van der Waals surface area contributed by atoms with Crippen molar-refractivity contribution in [1.29, 1.82) is 0 Å². The van der Waals surface area contributed by atoms with Gasteiger partial charge < -0.3 is 10.2 Å². The van der Waals surface area contributed by atoms with E-state index in [9.17, 15) is 22.8 Å². The van der Waals surface area contributed by atoms with Crippen LogP contribution in [0.3, 0.4) is 0 Å². The largest absolute Gasteiger partial charge is 0.435 e. The lowest BCUT2D eigenvalue weighted by atomic mass is 10.1. The van der Waals surface area contributed by atoms with Crippen molar-refractivity contribution >= 4 is 17.5 Å². The Kier molecular flexibility index (Phi) is 5.53. The number of amides is 2. The quantitative estimate of drug-likeness (QED) is 0.756. The van der Waals surface area contributed by atoms with Crippen LogP contribution in [-0.4, -0.2) is 34.7 Å². The van der Waals surface area contributed by atoms with Gasteiger partial charge in [0.15, 0.2) is 5.69 Å². The topological polar surface area (TPSA) is 67.2 Å². The Balaban J connectivity index is 1.35. The lowest BCUT2D eigenvalue weighted by Gasteiger charge is -2.18. The maximum absolute atomic E-state index is 13.0. The summed E-state index contributed by atoms with van der Waals surface area (Å²) in [7, 11) is 0. The van der Waals surface area contributed by atoms with Crippen molar-refractivity contribution in [2.24, 2.45) is 5.92 Å². The van der Waals surface area contributed by atoms with E-state index in [4.69, 9.17) is 0 Å². The number of halogens is 3. The number of rotatable bonds is 6. The molecule has 1 atom stereocenters. The van der Waals surface area contributed by atoms with Gasteiger partial charge in [-0.15, -0.1) is 0 Å². The Labute approximate surface area is 178 Å². The number of carbonyl (C=O) groups is 2. The molecule has 1 aliphatic heterocycles. The van der Waals surface area contributed by atoms with E-state index in [2.05, 4.69) is 10.4 Å². The molecular formula is C22H25F3N4O2. The molecule has 9 heteroatoms. The first-order chi connectivity index (χ1) is 14.6. The Morgan fingerprint density at radius 3 is 2.58 bits per heavy atom. The molecule has 31 heavy (non-hydrogen) atoms. The number of hydrogen-bond donors (Lipinski definition) is 1. The predicted octanol–water partition coefficient (Wildman–Crippen LogP) is 3.57. The molecule has 0 spiro atoms. The minimum absolute atomic E-state index is 0.110. The second kappa shape index (κ2) is 8.01. The van der Waals surface area contributed by atoms with Crippen molar-refractivity contribution < 1.29 is 22.8 Å². The van der Waals surface area contributed by atoms with Gasteiger partial charge >= 0.3 is 6.18 Å². The number of anilines is 1. The van der Waals surface area contributed by atoms with Gasteiger partial charge in [-0.25, -0.2) is 0 Å². The molecule has 1 saturated heterocycles. The Hall–Kier alpha value is -2.84. The van der Waals surface area contributed by atoms with Crippen LogP contribution in [0.1, 0.15) is 47.7 Å². The summed E-state index contributed by atoms with van der Waals surface area (Å²) in [6.45, 7) is 4.58. The summed E-state index contributed by atoms with van der Waals surface area (Å²) in [5, 5.41) is 6.45. The SMILES string of the molecule is Cc1ccc(N2C[C@@H](C(=O)NCCn3nc(C(F)(F)F)cc3C3CC3)CC2=O)cc1C. The highest BCUT2D eigenvalue weighted by Crippen LogP contribution is 2.42. The van der Waals surface area contributed by atoms with Gasteiger partial charge in [0.05, 0.1) is 12.5 Å². The van der Waals surface area contributed by atoms with Gasteiger partial charge in [0.1, 0.15) is 0 Å². The minimum atomic E-state index is -4.49. The summed E-state index contributed by atoms with van der Waals surface area (Å²) >= 11 is 0. The normalized spacial score (nSPS) is 19.2. The molecule has 0 radical (unpaired) electrons. The summed E-state index contributed by atoms with van der Waals surface area (Å²) < 4.78 is 40.3. The van der Waals surface area contributed by atoms with Crippen molar-refractivity contribution in [3.63, 3.8) is 0 Å². The molecule has 2 amide bonds. The molecule has 1 N–H and O–H groups in total. The van der Waals surface area contributed by atoms with Gasteiger partial charge in [0, 0.05) is 36.8 Å². The van der Waals surface area contributed by atoms with Crippen LogP contribution in [-0.2, 0) is 22.3 Å². The van der Waals surface area contributed by atoms with Crippen LogP contribution in [0.5, 0.6) is 0 Å². The number of benzene rings is 1. The van der Waals surface area contributed by atoms with Crippen molar-refractivity contribution in [2.75, 3.05) is 18.0 Å². The highest BCUT2D eigenvalue weighted by Gasteiger charge is 2.38. The maximum atomic E-state index is 13.0. The van der Waals surface area contributed by atoms with Crippen LogP contribution in [0.15, 0.2) is 24.3 Å². The number of carbonyl (C=O) groups excluding carboxylic acids is 2. The number of aryl methyl sites for hydroxylation is 2. The second-order valence-electron chi connectivity index (χ2n) is 8.41. The number of aromatic nitrogens is 2. The maximum Gasteiger partial charge on any atom is 0.435 e. The summed E-state index contributed by atoms with van der Waals surface area (Å²) in [5.41, 5.74) is 2.64. The average Bonchev–Trinajstić information content (AvgIpc) is 3.33. The molecule has 166 valence electrons. The zero-order valence-electron chi connectivity index (χ0n) is 17.5. The minimum Gasteiger partial charge on any atom is -0.354 e. The van der Waals surface area contributed by atoms with Crippen LogP contribution in [0.4, 0.5) is 18.9 Å². The van der Waals surface area contributed by atoms with Crippen molar-refractivity contribution in [3.05, 3.63) is 46.8 Å². The average molecular weight is 434 g/mol.